The van der Waals surface area contributed by atoms with Gasteiger partial charge < -0.3 is 10.2 Å². The van der Waals surface area contributed by atoms with Gasteiger partial charge in [-0.15, -0.1) is 11.3 Å². The minimum atomic E-state index is -0.446. The van der Waals surface area contributed by atoms with E-state index in [1.54, 1.807) is 4.90 Å². The number of amides is 2. The zero-order chi connectivity index (χ0) is 17.1. The van der Waals surface area contributed by atoms with Crippen molar-refractivity contribution in [3.63, 3.8) is 0 Å². The highest BCUT2D eigenvalue weighted by molar-refractivity contribution is 7.12. The molecule has 0 aliphatic carbocycles. The molecule has 0 unspecified atom stereocenters. The molecule has 4 nitrogen and oxygen atoms in total. The number of thiophene rings is 1. The molecular weight excluding hydrogens is 351 g/mol. The molecule has 0 radical (unpaired) electrons. The minimum Gasteiger partial charge on any atom is -0.338 e. The van der Waals surface area contributed by atoms with Crippen LogP contribution in [-0.4, -0.2) is 29.8 Å². The lowest BCUT2D eigenvalue weighted by Crippen LogP contribution is -2.41. The Morgan fingerprint density at radius 3 is 2.62 bits per heavy atom. The summed E-state index contributed by atoms with van der Waals surface area (Å²) in [7, 11) is 0. The van der Waals surface area contributed by atoms with Crippen molar-refractivity contribution < 1.29 is 14.0 Å². The van der Waals surface area contributed by atoms with Crippen LogP contribution in [0.2, 0.25) is 5.02 Å². The standard InChI is InChI=1S/C17H16ClFN2O2S/c18-13-10-12(19)3-4-14(13)20-16(22)11-5-7-21(8-6-11)17(23)15-2-1-9-24-15/h1-4,9-11H,5-8H2,(H,20,22). The van der Waals surface area contributed by atoms with Gasteiger partial charge in [0, 0.05) is 19.0 Å². The molecule has 7 heteroatoms. The van der Waals surface area contributed by atoms with E-state index >= 15 is 0 Å². The second kappa shape index (κ2) is 7.32. The molecule has 1 aromatic carbocycles. The number of hydrogen-bond donors (Lipinski definition) is 1. The molecule has 126 valence electrons. The molecule has 1 saturated heterocycles. The Morgan fingerprint density at radius 1 is 1.25 bits per heavy atom. The maximum atomic E-state index is 13.0. The lowest BCUT2D eigenvalue weighted by Gasteiger charge is -2.31. The first-order chi connectivity index (χ1) is 11.5. The van der Waals surface area contributed by atoms with E-state index in [1.807, 2.05) is 17.5 Å². The van der Waals surface area contributed by atoms with Gasteiger partial charge >= 0.3 is 0 Å². The van der Waals surface area contributed by atoms with E-state index in [9.17, 15) is 14.0 Å². The van der Waals surface area contributed by atoms with Crippen LogP contribution in [0, 0.1) is 11.7 Å². The fraction of sp³-hybridized carbons (Fsp3) is 0.294. The Kier molecular flexibility index (Phi) is 5.16. The van der Waals surface area contributed by atoms with Gasteiger partial charge in [-0.05, 0) is 42.5 Å². The third-order valence-electron chi connectivity index (χ3n) is 4.07. The SMILES string of the molecule is O=C(Nc1ccc(F)cc1Cl)C1CCN(C(=O)c2cccs2)CC1. The van der Waals surface area contributed by atoms with Crippen molar-refractivity contribution >= 4 is 40.4 Å². The second-order valence-electron chi connectivity index (χ2n) is 5.66. The van der Waals surface area contributed by atoms with E-state index in [1.165, 1.54) is 29.5 Å². The van der Waals surface area contributed by atoms with E-state index in [-0.39, 0.29) is 22.8 Å². The first-order valence-electron chi connectivity index (χ1n) is 7.63. The molecule has 1 aliphatic heterocycles. The summed E-state index contributed by atoms with van der Waals surface area (Å²) in [5.74, 6) is -0.755. The molecule has 0 atom stereocenters. The molecule has 3 rings (SSSR count). The number of benzene rings is 1. The minimum absolute atomic E-state index is 0.0189. The van der Waals surface area contributed by atoms with Gasteiger partial charge in [-0.3, -0.25) is 9.59 Å². The summed E-state index contributed by atoms with van der Waals surface area (Å²) < 4.78 is 13.0. The van der Waals surface area contributed by atoms with Gasteiger partial charge in [-0.2, -0.15) is 0 Å². The normalized spacial score (nSPS) is 15.3. The molecule has 2 amide bonds. The van der Waals surface area contributed by atoms with Crippen LogP contribution in [0.4, 0.5) is 10.1 Å². The number of carbonyl (C=O) groups is 2. The summed E-state index contributed by atoms with van der Waals surface area (Å²) in [6.07, 6.45) is 1.20. The molecule has 0 bridgehead atoms. The van der Waals surface area contributed by atoms with Crippen LogP contribution in [0.25, 0.3) is 0 Å². The molecule has 0 spiro atoms. The summed E-state index contributed by atoms with van der Waals surface area (Å²) in [5, 5.41) is 4.79. The van der Waals surface area contributed by atoms with Crippen LogP contribution in [0.5, 0.6) is 0 Å². The molecule has 1 fully saturated rings. The Labute approximate surface area is 148 Å². The van der Waals surface area contributed by atoms with Crippen LogP contribution >= 0.6 is 22.9 Å². The Balaban J connectivity index is 1.56. The molecule has 24 heavy (non-hydrogen) atoms. The smallest absolute Gasteiger partial charge is 0.263 e. The highest BCUT2D eigenvalue weighted by Gasteiger charge is 2.28. The van der Waals surface area contributed by atoms with Gasteiger partial charge in [-0.1, -0.05) is 17.7 Å². The van der Waals surface area contributed by atoms with E-state index in [4.69, 9.17) is 11.6 Å². The van der Waals surface area contributed by atoms with Gasteiger partial charge in [-0.25, -0.2) is 4.39 Å². The van der Waals surface area contributed by atoms with Crippen molar-refractivity contribution in [1.29, 1.82) is 0 Å². The first kappa shape index (κ1) is 16.9. The number of nitrogens with one attached hydrogen (secondary N) is 1. The number of carbonyl (C=O) groups excluding carboxylic acids is 2. The average Bonchev–Trinajstić information content (AvgIpc) is 3.11. The maximum absolute atomic E-state index is 13.0. The second-order valence-corrected chi connectivity index (χ2v) is 7.01. The molecular formula is C17H16ClFN2O2S. The third-order valence-corrected chi connectivity index (χ3v) is 5.24. The third kappa shape index (κ3) is 3.76. The van der Waals surface area contributed by atoms with Crippen molar-refractivity contribution in [1.82, 2.24) is 4.90 Å². The van der Waals surface area contributed by atoms with Crippen molar-refractivity contribution in [2.75, 3.05) is 18.4 Å². The number of nitrogens with zero attached hydrogens (tertiary/aromatic N) is 1. The predicted molar refractivity (Wildman–Crippen MR) is 93.0 cm³/mol. The fourth-order valence-corrected chi connectivity index (χ4v) is 3.63. The fourth-order valence-electron chi connectivity index (χ4n) is 2.73. The largest absolute Gasteiger partial charge is 0.338 e. The van der Waals surface area contributed by atoms with Crippen LogP contribution in [0.15, 0.2) is 35.7 Å². The van der Waals surface area contributed by atoms with Gasteiger partial charge in [0.15, 0.2) is 0 Å². The van der Waals surface area contributed by atoms with E-state index < -0.39 is 5.82 Å². The molecule has 1 aromatic heterocycles. The molecule has 1 N–H and O–H groups in total. The van der Waals surface area contributed by atoms with Crippen LogP contribution in [0.3, 0.4) is 0 Å². The van der Waals surface area contributed by atoms with Crippen molar-refractivity contribution in [2.45, 2.75) is 12.8 Å². The lowest BCUT2D eigenvalue weighted by molar-refractivity contribution is -0.121. The molecule has 2 aromatic rings. The zero-order valence-electron chi connectivity index (χ0n) is 12.8. The highest BCUT2D eigenvalue weighted by atomic mass is 35.5. The van der Waals surface area contributed by atoms with Crippen LogP contribution < -0.4 is 5.32 Å². The van der Waals surface area contributed by atoms with E-state index in [0.717, 1.165) is 4.88 Å². The predicted octanol–water partition coefficient (Wildman–Crippen LogP) is 4.03. The molecule has 1 aliphatic rings. The topological polar surface area (TPSA) is 49.4 Å². The maximum Gasteiger partial charge on any atom is 0.263 e. The number of rotatable bonds is 3. The van der Waals surface area contributed by atoms with Crippen molar-refractivity contribution in [3.8, 4) is 0 Å². The summed E-state index contributed by atoms with van der Waals surface area (Å²) in [5.41, 5.74) is 0.403. The quantitative estimate of drug-likeness (QED) is 0.891. The van der Waals surface area contributed by atoms with Gasteiger partial charge in [0.2, 0.25) is 5.91 Å². The average molecular weight is 367 g/mol. The summed E-state index contributed by atoms with van der Waals surface area (Å²) >= 11 is 7.35. The van der Waals surface area contributed by atoms with Gasteiger partial charge in [0.05, 0.1) is 15.6 Å². The first-order valence-corrected chi connectivity index (χ1v) is 8.89. The summed E-state index contributed by atoms with van der Waals surface area (Å²) in [6, 6.07) is 7.53. The van der Waals surface area contributed by atoms with Gasteiger partial charge in [0.1, 0.15) is 5.82 Å². The summed E-state index contributed by atoms with van der Waals surface area (Å²) in [6.45, 7) is 1.10. The summed E-state index contributed by atoms with van der Waals surface area (Å²) in [4.78, 5) is 27.1. The Morgan fingerprint density at radius 2 is 2.00 bits per heavy atom. The number of likely N-dealkylation sites (tertiary alicyclic amines) is 1. The van der Waals surface area contributed by atoms with Gasteiger partial charge in [0.25, 0.3) is 5.91 Å². The van der Waals surface area contributed by atoms with Crippen molar-refractivity contribution in [2.24, 2.45) is 5.92 Å². The monoisotopic (exact) mass is 366 g/mol. The van der Waals surface area contributed by atoms with E-state index in [0.29, 0.717) is 31.6 Å². The van der Waals surface area contributed by atoms with Crippen LogP contribution in [0.1, 0.15) is 22.5 Å². The number of hydrogen-bond acceptors (Lipinski definition) is 3. The number of piperidine rings is 1. The van der Waals surface area contributed by atoms with E-state index in [2.05, 4.69) is 5.32 Å². The Hall–Kier alpha value is -1.92. The Bertz CT molecular complexity index is 743. The van der Waals surface area contributed by atoms with Crippen molar-refractivity contribution in [3.05, 3.63) is 51.4 Å². The lowest BCUT2D eigenvalue weighted by atomic mass is 9.95. The zero-order valence-corrected chi connectivity index (χ0v) is 14.4. The number of halogens is 2. The van der Waals surface area contributed by atoms with Crippen LogP contribution in [-0.2, 0) is 4.79 Å². The highest BCUT2D eigenvalue weighted by Crippen LogP contribution is 2.26. The number of anilines is 1. The molecule has 0 saturated carbocycles. The molecule has 2 heterocycles.